The second kappa shape index (κ2) is 10.3. The molecule has 0 aliphatic heterocycles. The minimum absolute atomic E-state index is 0. The molecule has 0 saturated heterocycles. The molecule has 0 atom stereocenters. The van der Waals surface area contributed by atoms with Gasteiger partial charge in [-0.25, -0.2) is 13.8 Å². The molecule has 156 valence electrons. The van der Waals surface area contributed by atoms with Gasteiger partial charge in [-0.05, 0) is 31.3 Å². The van der Waals surface area contributed by atoms with E-state index in [0.29, 0.717) is 33.5 Å². The molecule has 9 heteroatoms. The second-order valence-corrected chi connectivity index (χ2v) is 7.61. The first-order valence-corrected chi connectivity index (χ1v) is 10.2. The van der Waals surface area contributed by atoms with E-state index in [1.54, 1.807) is 24.3 Å². The third kappa shape index (κ3) is 5.22. The monoisotopic (exact) mass is 459 g/mol. The lowest BCUT2D eigenvalue weighted by Gasteiger charge is -2.25. The number of nitrogens with zero attached hydrogens (tertiary/aromatic N) is 3. The van der Waals surface area contributed by atoms with Crippen LogP contribution < -0.4 is 4.90 Å². The summed E-state index contributed by atoms with van der Waals surface area (Å²) >= 11 is 7.29. The Hall–Kier alpha value is -1.80. The van der Waals surface area contributed by atoms with Gasteiger partial charge >= 0.3 is 0 Å². The van der Waals surface area contributed by atoms with Crippen molar-refractivity contribution in [3.63, 3.8) is 0 Å². The van der Waals surface area contributed by atoms with E-state index in [1.807, 2.05) is 13.8 Å². The summed E-state index contributed by atoms with van der Waals surface area (Å²) in [5.41, 5.74) is 0.399. The number of carbonyl (C=O) groups is 1. The number of likely N-dealkylation sites (N-methyl/N-ethyl adjacent to an activating group) is 1. The average Bonchev–Trinajstić information content (AvgIpc) is 3.09. The maximum atomic E-state index is 14.1. The summed E-state index contributed by atoms with van der Waals surface area (Å²) in [6, 6.07) is 8.78. The van der Waals surface area contributed by atoms with Gasteiger partial charge < -0.3 is 4.90 Å². The number of benzene rings is 2. The number of amides is 1. The Morgan fingerprint density at radius 1 is 1.14 bits per heavy atom. The zero-order valence-electron chi connectivity index (χ0n) is 16.0. The van der Waals surface area contributed by atoms with Crippen molar-refractivity contribution in [2.24, 2.45) is 0 Å². The van der Waals surface area contributed by atoms with Crippen molar-refractivity contribution in [2.45, 2.75) is 13.8 Å². The van der Waals surface area contributed by atoms with Crippen LogP contribution in [-0.2, 0) is 0 Å². The first-order chi connectivity index (χ1) is 13.4. The fourth-order valence-electron chi connectivity index (χ4n) is 2.91. The molecule has 0 unspecified atom stereocenters. The van der Waals surface area contributed by atoms with Gasteiger partial charge in [-0.1, -0.05) is 48.9 Å². The van der Waals surface area contributed by atoms with Crippen molar-refractivity contribution in [1.82, 2.24) is 9.88 Å². The minimum atomic E-state index is -0.744. The van der Waals surface area contributed by atoms with Crippen LogP contribution >= 0.6 is 35.3 Å². The molecule has 29 heavy (non-hydrogen) atoms. The van der Waals surface area contributed by atoms with Gasteiger partial charge in [0.2, 0.25) is 0 Å². The molecule has 0 bridgehead atoms. The lowest BCUT2D eigenvalue weighted by Crippen LogP contribution is -2.39. The largest absolute Gasteiger partial charge is 0.302 e. The summed E-state index contributed by atoms with van der Waals surface area (Å²) in [5, 5.41) is 0.648. The Labute approximate surface area is 183 Å². The smallest absolute Gasteiger partial charge is 0.261 e. The average molecular weight is 460 g/mol. The van der Waals surface area contributed by atoms with Crippen LogP contribution in [0.4, 0.5) is 13.9 Å². The number of thiazole rings is 1. The van der Waals surface area contributed by atoms with Crippen LogP contribution in [0.25, 0.3) is 10.2 Å². The van der Waals surface area contributed by atoms with Crippen LogP contribution in [-0.4, -0.2) is 42.0 Å². The summed E-state index contributed by atoms with van der Waals surface area (Å²) in [6.45, 7) is 6.74. The molecule has 0 saturated carbocycles. The van der Waals surface area contributed by atoms with E-state index < -0.39 is 11.6 Å². The van der Waals surface area contributed by atoms with Crippen molar-refractivity contribution in [3.8, 4) is 0 Å². The number of fused-ring (bicyclic) bond motifs is 1. The highest BCUT2D eigenvalue weighted by atomic mass is 35.5. The first kappa shape index (κ1) is 23.5. The van der Waals surface area contributed by atoms with E-state index in [-0.39, 0.29) is 23.8 Å². The van der Waals surface area contributed by atoms with Crippen molar-refractivity contribution in [2.75, 3.05) is 31.1 Å². The van der Waals surface area contributed by atoms with E-state index in [9.17, 15) is 13.6 Å². The fourth-order valence-corrected chi connectivity index (χ4v) is 4.15. The number of halogens is 4. The molecule has 3 rings (SSSR count). The highest BCUT2D eigenvalue weighted by molar-refractivity contribution is 7.22. The van der Waals surface area contributed by atoms with E-state index in [4.69, 9.17) is 11.6 Å². The van der Waals surface area contributed by atoms with Crippen molar-refractivity contribution in [3.05, 3.63) is 58.6 Å². The minimum Gasteiger partial charge on any atom is -0.302 e. The van der Waals surface area contributed by atoms with Crippen LogP contribution in [0.3, 0.4) is 0 Å². The van der Waals surface area contributed by atoms with Gasteiger partial charge in [0.05, 0.1) is 15.3 Å². The van der Waals surface area contributed by atoms with E-state index >= 15 is 0 Å². The highest BCUT2D eigenvalue weighted by Crippen LogP contribution is 2.32. The molecule has 2 aromatic carbocycles. The molecule has 0 fully saturated rings. The fraction of sp³-hybridized carbons (Fsp3) is 0.300. The van der Waals surface area contributed by atoms with Crippen LogP contribution in [0.15, 0.2) is 36.4 Å². The van der Waals surface area contributed by atoms with Crippen LogP contribution in [0, 0.1) is 11.6 Å². The Morgan fingerprint density at radius 2 is 1.83 bits per heavy atom. The number of carbonyl (C=O) groups excluding carboxylic acids is 1. The Kier molecular flexibility index (Phi) is 8.34. The molecule has 4 nitrogen and oxygen atoms in total. The van der Waals surface area contributed by atoms with Gasteiger partial charge in [0.15, 0.2) is 10.9 Å². The number of rotatable bonds is 7. The number of hydrogen-bond acceptors (Lipinski definition) is 4. The molecule has 1 aromatic heterocycles. The predicted molar refractivity (Wildman–Crippen MR) is 118 cm³/mol. The molecule has 0 spiro atoms. The van der Waals surface area contributed by atoms with Crippen LogP contribution in [0.5, 0.6) is 0 Å². The van der Waals surface area contributed by atoms with E-state index in [0.717, 1.165) is 30.5 Å². The highest BCUT2D eigenvalue weighted by Gasteiger charge is 2.24. The maximum absolute atomic E-state index is 14.1. The molecular formula is C20H21Cl2F2N3OS. The third-order valence-corrected chi connectivity index (χ3v) is 5.87. The molecule has 1 heterocycles. The van der Waals surface area contributed by atoms with Gasteiger partial charge in [0.1, 0.15) is 11.3 Å². The Bertz CT molecular complexity index is 995. The predicted octanol–water partition coefficient (Wildman–Crippen LogP) is 5.64. The molecule has 3 aromatic rings. The topological polar surface area (TPSA) is 36.4 Å². The first-order valence-electron chi connectivity index (χ1n) is 8.98. The van der Waals surface area contributed by atoms with Gasteiger partial charge in [-0.15, -0.1) is 12.4 Å². The summed E-state index contributed by atoms with van der Waals surface area (Å²) < 4.78 is 28.0. The summed E-state index contributed by atoms with van der Waals surface area (Å²) in [6.07, 6.45) is 0. The van der Waals surface area contributed by atoms with Crippen molar-refractivity contribution >= 4 is 56.6 Å². The SMILES string of the molecule is CCN(CC)CCN(C(=O)c1ccccc1Cl)c1nc2c(F)cc(F)cc2s1.Cl. The summed E-state index contributed by atoms with van der Waals surface area (Å²) in [5.74, 6) is -1.74. The lowest BCUT2D eigenvalue weighted by atomic mass is 10.2. The molecule has 1 amide bonds. The zero-order chi connectivity index (χ0) is 20.3. The summed E-state index contributed by atoms with van der Waals surface area (Å²) in [4.78, 5) is 21.1. The quantitative estimate of drug-likeness (QED) is 0.458. The van der Waals surface area contributed by atoms with Gasteiger partial charge in [0.25, 0.3) is 5.91 Å². The van der Waals surface area contributed by atoms with Crippen LogP contribution in [0.2, 0.25) is 5.02 Å². The van der Waals surface area contributed by atoms with E-state index in [1.165, 1.54) is 11.0 Å². The molecule has 0 aliphatic rings. The normalized spacial score (nSPS) is 11.0. The van der Waals surface area contributed by atoms with Gasteiger partial charge in [0, 0.05) is 19.2 Å². The Balaban J connectivity index is 0.00000300. The van der Waals surface area contributed by atoms with E-state index in [2.05, 4.69) is 9.88 Å². The molecule has 0 radical (unpaired) electrons. The molecular weight excluding hydrogens is 439 g/mol. The third-order valence-electron chi connectivity index (χ3n) is 4.52. The van der Waals surface area contributed by atoms with Gasteiger partial charge in [-0.3, -0.25) is 9.69 Å². The van der Waals surface area contributed by atoms with Gasteiger partial charge in [-0.2, -0.15) is 0 Å². The van der Waals surface area contributed by atoms with Crippen molar-refractivity contribution < 1.29 is 13.6 Å². The maximum Gasteiger partial charge on any atom is 0.261 e. The van der Waals surface area contributed by atoms with Crippen molar-refractivity contribution in [1.29, 1.82) is 0 Å². The Morgan fingerprint density at radius 3 is 2.48 bits per heavy atom. The lowest BCUT2D eigenvalue weighted by molar-refractivity contribution is 0.0984. The summed E-state index contributed by atoms with van der Waals surface area (Å²) in [7, 11) is 0. The number of aromatic nitrogens is 1. The standard InChI is InChI=1S/C20H20ClF2N3OS.ClH/c1-3-25(4-2)9-10-26(19(27)14-7-5-6-8-15(14)21)20-24-18-16(23)11-13(22)12-17(18)28-20;/h5-8,11-12H,3-4,9-10H2,1-2H3;1H. The number of hydrogen-bond donors (Lipinski definition) is 0. The number of anilines is 1. The van der Waals surface area contributed by atoms with Crippen LogP contribution in [0.1, 0.15) is 24.2 Å². The zero-order valence-corrected chi connectivity index (χ0v) is 18.4. The molecule has 0 aliphatic carbocycles. The second-order valence-electron chi connectivity index (χ2n) is 6.19. The molecule has 0 N–H and O–H groups in total.